The van der Waals surface area contributed by atoms with Crippen molar-refractivity contribution >= 4 is 32.7 Å². The van der Waals surface area contributed by atoms with Crippen LogP contribution in [-0.2, 0) is 14.6 Å². The number of hydrogen-bond donors (Lipinski definition) is 4. The molecule has 0 radical (unpaired) electrons. The van der Waals surface area contributed by atoms with Crippen molar-refractivity contribution in [2.75, 3.05) is 11.1 Å². The number of fused-ring (bicyclic) bond motifs is 1. The molecule has 5 N–H and O–H groups in total. The maximum atomic E-state index is 12.6. The van der Waals surface area contributed by atoms with Crippen molar-refractivity contribution in [1.29, 1.82) is 0 Å². The van der Waals surface area contributed by atoms with E-state index in [1.165, 1.54) is 4.68 Å². The summed E-state index contributed by atoms with van der Waals surface area (Å²) in [6.45, 7) is 1.74. The molecule has 2 heterocycles. The van der Waals surface area contributed by atoms with Gasteiger partial charge in [0.2, 0.25) is 15.7 Å². The highest BCUT2D eigenvalue weighted by molar-refractivity contribution is 7.91. The highest BCUT2D eigenvalue weighted by Crippen LogP contribution is 2.37. The van der Waals surface area contributed by atoms with Gasteiger partial charge in [0.15, 0.2) is 17.0 Å². The van der Waals surface area contributed by atoms with E-state index in [1.54, 1.807) is 6.92 Å². The number of nitrogens with two attached hydrogens (primary N) is 1. The minimum absolute atomic E-state index is 0.0303. The van der Waals surface area contributed by atoms with Crippen LogP contribution in [0, 0.1) is 5.92 Å². The Morgan fingerprint density at radius 2 is 2.00 bits per heavy atom. The number of aromatic nitrogens is 5. The number of anilines is 1. The highest BCUT2D eigenvalue weighted by atomic mass is 32.2. The third-order valence-electron chi connectivity index (χ3n) is 5.30. The van der Waals surface area contributed by atoms with E-state index in [0.717, 1.165) is 12.8 Å². The second-order valence-electron chi connectivity index (χ2n) is 7.59. The molecule has 1 amide bonds. The molecule has 2 fully saturated rings. The van der Waals surface area contributed by atoms with E-state index >= 15 is 0 Å². The molecule has 4 atom stereocenters. The molecule has 2 saturated carbocycles. The first-order chi connectivity index (χ1) is 13.7. The summed E-state index contributed by atoms with van der Waals surface area (Å²) in [6.07, 6.45) is -0.383. The standard InChI is InChI=1S/C16H23N7O5S/c1-2-5-29(27,28)16-19-14(18-7-3-4-7)10-15(20-16)23(22-21-10)9-6-8(13(17)26)11(24)12(9)25/h7-9,11-12,24-25H,2-6H2,1H3,(H2,17,26)(H,18,19,20)/t8-,9?,11?,12?/m0/s1. The Balaban J connectivity index is 1.82. The average molecular weight is 425 g/mol. The van der Waals surface area contributed by atoms with Crippen molar-refractivity contribution < 1.29 is 23.4 Å². The van der Waals surface area contributed by atoms with Crippen molar-refractivity contribution in [1.82, 2.24) is 25.0 Å². The zero-order valence-corrected chi connectivity index (χ0v) is 16.6. The number of aliphatic hydroxyl groups excluding tert-OH is 2. The first kappa shape index (κ1) is 19.9. The largest absolute Gasteiger partial charge is 0.390 e. The second-order valence-corrected chi connectivity index (χ2v) is 9.59. The lowest BCUT2D eigenvalue weighted by Crippen LogP contribution is -2.35. The van der Waals surface area contributed by atoms with Crippen molar-refractivity contribution in [3.8, 4) is 0 Å². The topological polar surface area (TPSA) is 186 Å². The molecule has 29 heavy (non-hydrogen) atoms. The highest BCUT2D eigenvalue weighted by Gasteiger charge is 2.46. The summed E-state index contributed by atoms with van der Waals surface area (Å²) in [6, 6.07) is -0.656. The summed E-state index contributed by atoms with van der Waals surface area (Å²) in [5, 5.41) is 31.5. The van der Waals surface area contributed by atoms with Gasteiger partial charge in [0.25, 0.3) is 5.16 Å². The van der Waals surface area contributed by atoms with Crippen molar-refractivity contribution in [3.05, 3.63) is 0 Å². The first-order valence-electron chi connectivity index (χ1n) is 9.50. The van der Waals surface area contributed by atoms with Crippen LogP contribution in [0.1, 0.15) is 38.6 Å². The molecule has 2 aromatic rings. The molecule has 2 aliphatic rings. The fourth-order valence-electron chi connectivity index (χ4n) is 3.59. The molecule has 0 aromatic carbocycles. The molecular formula is C16H23N7O5S. The SMILES string of the molecule is CCCS(=O)(=O)c1nc(NC2CC2)c2nnn(C3C[C@H](C(N)=O)C(O)C3O)c2n1. The smallest absolute Gasteiger partial charge is 0.251 e. The van der Waals surface area contributed by atoms with Crippen LogP contribution in [0.3, 0.4) is 0 Å². The fraction of sp³-hybridized carbons (Fsp3) is 0.688. The predicted molar refractivity (Wildman–Crippen MR) is 100 cm³/mol. The number of nitrogens with one attached hydrogen (secondary N) is 1. The Morgan fingerprint density at radius 1 is 1.28 bits per heavy atom. The van der Waals surface area contributed by atoms with Gasteiger partial charge in [-0.15, -0.1) is 5.10 Å². The number of carbonyl (C=O) groups is 1. The summed E-state index contributed by atoms with van der Waals surface area (Å²) in [7, 11) is -3.72. The lowest BCUT2D eigenvalue weighted by Gasteiger charge is -2.17. The summed E-state index contributed by atoms with van der Waals surface area (Å²) in [5.41, 5.74) is 5.68. The maximum Gasteiger partial charge on any atom is 0.251 e. The van der Waals surface area contributed by atoms with Gasteiger partial charge >= 0.3 is 0 Å². The van der Waals surface area contributed by atoms with E-state index in [1.807, 2.05) is 0 Å². The zero-order chi connectivity index (χ0) is 20.9. The normalized spacial score (nSPS) is 27.4. The Labute approximate surface area is 166 Å². The van der Waals surface area contributed by atoms with Crippen LogP contribution in [0.5, 0.6) is 0 Å². The average Bonchev–Trinajstić information content (AvgIpc) is 3.29. The Hall–Kier alpha value is -2.38. The lowest BCUT2D eigenvalue weighted by molar-refractivity contribution is -0.125. The van der Waals surface area contributed by atoms with E-state index in [0.29, 0.717) is 6.42 Å². The first-order valence-corrected chi connectivity index (χ1v) is 11.2. The molecule has 0 aliphatic heterocycles. The minimum Gasteiger partial charge on any atom is -0.390 e. The third-order valence-corrected chi connectivity index (χ3v) is 6.99. The minimum atomic E-state index is -3.72. The van der Waals surface area contributed by atoms with Crippen LogP contribution in [0.25, 0.3) is 11.2 Å². The quantitative estimate of drug-likeness (QED) is 0.390. The van der Waals surface area contributed by atoms with Gasteiger partial charge < -0.3 is 21.3 Å². The number of amides is 1. The monoisotopic (exact) mass is 425 g/mol. The fourth-order valence-corrected chi connectivity index (χ4v) is 4.76. The predicted octanol–water partition coefficient (Wildman–Crippen LogP) is -1.25. The summed E-state index contributed by atoms with van der Waals surface area (Å²) in [5.74, 6) is -1.54. The van der Waals surface area contributed by atoms with Crippen LogP contribution in [-0.4, -0.2) is 73.5 Å². The van der Waals surface area contributed by atoms with E-state index in [2.05, 4.69) is 25.6 Å². The number of rotatable bonds is 7. The third kappa shape index (κ3) is 3.53. The number of sulfone groups is 1. The van der Waals surface area contributed by atoms with Gasteiger partial charge in [0.05, 0.1) is 23.8 Å². The Bertz CT molecular complexity index is 1050. The molecule has 4 rings (SSSR count). The van der Waals surface area contributed by atoms with Gasteiger partial charge in [-0.25, -0.2) is 13.1 Å². The molecule has 0 bridgehead atoms. The van der Waals surface area contributed by atoms with Gasteiger partial charge in [0, 0.05) is 6.04 Å². The molecular weight excluding hydrogens is 402 g/mol. The molecule has 13 heteroatoms. The number of hydrogen-bond acceptors (Lipinski definition) is 10. The van der Waals surface area contributed by atoms with Crippen molar-refractivity contribution in [2.24, 2.45) is 11.7 Å². The number of carbonyl (C=O) groups excluding carboxylic acids is 1. The Kier molecular flexibility index (Phi) is 4.91. The maximum absolute atomic E-state index is 12.6. The van der Waals surface area contributed by atoms with Crippen LogP contribution in [0.4, 0.5) is 5.82 Å². The number of nitrogens with zero attached hydrogens (tertiary/aromatic N) is 5. The summed E-state index contributed by atoms with van der Waals surface area (Å²) < 4.78 is 26.4. The summed E-state index contributed by atoms with van der Waals surface area (Å²) in [4.78, 5) is 19.9. The van der Waals surface area contributed by atoms with Crippen LogP contribution in [0.15, 0.2) is 5.16 Å². The molecule has 2 aromatic heterocycles. The molecule has 0 saturated heterocycles. The lowest BCUT2D eigenvalue weighted by atomic mass is 10.1. The van der Waals surface area contributed by atoms with Crippen LogP contribution < -0.4 is 11.1 Å². The van der Waals surface area contributed by atoms with E-state index in [4.69, 9.17) is 5.73 Å². The van der Waals surface area contributed by atoms with Crippen molar-refractivity contribution in [3.63, 3.8) is 0 Å². The van der Waals surface area contributed by atoms with E-state index in [-0.39, 0.29) is 40.4 Å². The molecule has 158 valence electrons. The molecule has 0 spiro atoms. The van der Waals surface area contributed by atoms with Crippen molar-refractivity contribution in [2.45, 2.75) is 62.1 Å². The molecule has 2 aliphatic carbocycles. The number of primary amides is 1. The second kappa shape index (κ2) is 7.15. The van der Waals surface area contributed by atoms with Gasteiger partial charge in [-0.05, 0) is 25.7 Å². The van der Waals surface area contributed by atoms with Gasteiger partial charge in [-0.1, -0.05) is 12.1 Å². The van der Waals surface area contributed by atoms with Gasteiger partial charge in [-0.2, -0.15) is 9.97 Å². The van der Waals surface area contributed by atoms with Crippen LogP contribution in [0.2, 0.25) is 0 Å². The van der Waals surface area contributed by atoms with Gasteiger partial charge in [-0.3, -0.25) is 4.79 Å². The molecule has 3 unspecified atom stereocenters. The van der Waals surface area contributed by atoms with Gasteiger partial charge in [0.1, 0.15) is 6.10 Å². The summed E-state index contributed by atoms with van der Waals surface area (Å²) >= 11 is 0. The Morgan fingerprint density at radius 3 is 2.59 bits per heavy atom. The van der Waals surface area contributed by atoms with Crippen LogP contribution >= 0.6 is 0 Å². The number of aliphatic hydroxyl groups is 2. The van der Waals surface area contributed by atoms with E-state index < -0.39 is 39.9 Å². The zero-order valence-electron chi connectivity index (χ0n) is 15.8. The van der Waals surface area contributed by atoms with E-state index in [9.17, 15) is 23.4 Å². The molecule has 12 nitrogen and oxygen atoms in total.